The van der Waals surface area contributed by atoms with Crippen LogP contribution in [-0.2, 0) is 0 Å². The summed E-state index contributed by atoms with van der Waals surface area (Å²) in [5.74, 6) is 0. The predicted molar refractivity (Wildman–Crippen MR) is 143 cm³/mol. The van der Waals surface area contributed by atoms with Gasteiger partial charge in [0, 0.05) is 0 Å². The molecule has 0 heterocycles. The average Bonchev–Trinajstić information content (AvgIpc) is 2.71. The van der Waals surface area contributed by atoms with Gasteiger partial charge >= 0.3 is 0 Å². The van der Waals surface area contributed by atoms with Crippen LogP contribution in [0.4, 0.5) is 0 Å². The fraction of sp³-hybridized carbons (Fsp3) is 0.517. The maximum Gasteiger partial charge on any atom is -0.0398 e. The standard InChI is InChI=1S/C7H8.4C5H10.C2H6/c1-7-5-3-2-4-6-7;4*1-4-5(2)3;1-2/h2-6H,1H3;4*4H,1-3H3;1-2H3. The van der Waals surface area contributed by atoms with Crippen molar-refractivity contribution in [3.63, 3.8) is 0 Å². The molecule has 29 heavy (non-hydrogen) atoms. The Morgan fingerprint density at radius 1 is 0.483 bits per heavy atom. The molecule has 0 aliphatic rings. The predicted octanol–water partition coefficient (Wildman–Crippen LogP) is 10.9. The fourth-order valence-corrected chi connectivity index (χ4v) is 0.534. The largest absolute Gasteiger partial charge is 0.0890 e. The first-order chi connectivity index (χ1) is 13.5. The molecule has 0 fully saturated rings. The molecule has 0 atom stereocenters. The van der Waals surface area contributed by atoms with E-state index in [-0.39, 0.29) is 0 Å². The molecular weight excluding hydrogens is 348 g/mol. The zero-order chi connectivity index (χ0) is 24.3. The van der Waals surface area contributed by atoms with Gasteiger partial charge < -0.3 is 0 Å². The van der Waals surface area contributed by atoms with E-state index >= 15 is 0 Å². The Morgan fingerprint density at radius 2 is 0.655 bits per heavy atom. The first kappa shape index (κ1) is 37.9. The number of hydrogen-bond acceptors (Lipinski definition) is 0. The Bertz CT molecular complexity index is 442. The van der Waals surface area contributed by atoms with E-state index in [2.05, 4.69) is 98.8 Å². The second kappa shape index (κ2) is 33.7. The molecule has 0 nitrogen and oxygen atoms in total. The zero-order valence-corrected chi connectivity index (χ0v) is 22.7. The summed E-state index contributed by atoms with van der Waals surface area (Å²) >= 11 is 0. The van der Waals surface area contributed by atoms with Gasteiger partial charge in [-0.25, -0.2) is 0 Å². The molecule has 0 radical (unpaired) electrons. The maximum absolute atomic E-state index is 2.08. The van der Waals surface area contributed by atoms with Gasteiger partial charge in [0.25, 0.3) is 0 Å². The summed E-state index contributed by atoms with van der Waals surface area (Å²) in [7, 11) is 0. The van der Waals surface area contributed by atoms with Crippen LogP contribution in [0.25, 0.3) is 0 Å². The zero-order valence-electron chi connectivity index (χ0n) is 22.7. The number of allylic oxidation sites excluding steroid dienone is 8. The average molecular weight is 403 g/mol. The van der Waals surface area contributed by atoms with Gasteiger partial charge in [-0.1, -0.05) is 96.3 Å². The summed E-state index contributed by atoms with van der Waals surface area (Å²) in [6.07, 6.45) is 8.33. The normalized spacial score (nSPS) is 7.14. The van der Waals surface area contributed by atoms with Crippen LogP contribution in [0.5, 0.6) is 0 Å². The number of hydrogen-bond donors (Lipinski definition) is 0. The highest BCUT2D eigenvalue weighted by Crippen LogP contribution is 1.92. The minimum Gasteiger partial charge on any atom is -0.0890 e. The molecule has 0 amide bonds. The number of aryl methyl sites for hydroxylation is 1. The summed E-state index contributed by atoms with van der Waals surface area (Å²) in [4.78, 5) is 0. The van der Waals surface area contributed by atoms with E-state index in [1.807, 2.05) is 59.7 Å². The molecule has 0 saturated heterocycles. The van der Waals surface area contributed by atoms with Gasteiger partial charge in [-0.05, 0) is 90.0 Å². The van der Waals surface area contributed by atoms with Crippen LogP contribution in [0, 0.1) is 6.92 Å². The molecule has 1 aromatic carbocycles. The van der Waals surface area contributed by atoms with E-state index in [0.29, 0.717) is 0 Å². The maximum atomic E-state index is 2.08. The summed E-state index contributed by atoms with van der Waals surface area (Å²) in [6.45, 7) is 30.9. The third-order valence-corrected chi connectivity index (χ3v) is 3.25. The van der Waals surface area contributed by atoms with Gasteiger partial charge in [-0.2, -0.15) is 0 Å². The summed E-state index contributed by atoms with van der Waals surface area (Å²) < 4.78 is 0. The molecule has 0 bridgehead atoms. The quantitative estimate of drug-likeness (QED) is 0.378. The second-order valence-corrected chi connectivity index (χ2v) is 7.12. The Kier molecular flexibility index (Phi) is 44.1. The van der Waals surface area contributed by atoms with Crippen LogP contribution < -0.4 is 0 Å². The van der Waals surface area contributed by atoms with Gasteiger partial charge in [0.2, 0.25) is 0 Å². The van der Waals surface area contributed by atoms with E-state index in [4.69, 9.17) is 0 Å². The number of benzene rings is 1. The highest BCUT2D eigenvalue weighted by molar-refractivity contribution is 5.11. The summed E-state index contributed by atoms with van der Waals surface area (Å²) in [5, 5.41) is 0. The lowest BCUT2D eigenvalue weighted by atomic mass is 10.2. The molecule has 170 valence electrons. The first-order valence-electron chi connectivity index (χ1n) is 10.9. The van der Waals surface area contributed by atoms with E-state index in [9.17, 15) is 0 Å². The molecule has 0 unspecified atom stereocenters. The molecule has 0 saturated carbocycles. The molecular formula is C29H54. The first-order valence-corrected chi connectivity index (χ1v) is 10.9. The third-order valence-electron chi connectivity index (χ3n) is 3.25. The molecule has 1 rings (SSSR count). The van der Waals surface area contributed by atoms with Crippen LogP contribution in [0.1, 0.15) is 102 Å². The third kappa shape index (κ3) is 76.1. The fourth-order valence-electron chi connectivity index (χ4n) is 0.534. The van der Waals surface area contributed by atoms with Crippen molar-refractivity contribution in [2.45, 2.75) is 104 Å². The van der Waals surface area contributed by atoms with Crippen LogP contribution in [0.2, 0.25) is 0 Å². The second-order valence-electron chi connectivity index (χ2n) is 7.12. The topological polar surface area (TPSA) is 0 Å². The Labute approximate surface area is 186 Å². The molecule has 1 aromatic rings. The highest BCUT2D eigenvalue weighted by atomic mass is 13.8. The molecule has 0 spiro atoms. The molecule has 0 N–H and O–H groups in total. The van der Waals surface area contributed by atoms with Crippen molar-refractivity contribution < 1.29 is 0 Å². The number of rotatable bonds is 0. The SMILES string of the molecule is CC.CC=C(C)C.CC=C(C)C.CC=C(C)C.CC=C(C)C.Cc1ccccc1. The van der Waals surface area contributed by atoms with Crippen LogP contribution in [0.15, 0.2) is 76.9 Å². The van der Waals surface area contributed by atoms with Gasteiger partial charge in [0.15, 0.2) is 0 Å². The monoisotopic (exact) mass is 402 g/mol. The molecule has 0 aromatic heterocycles. The van der Waals surface area contributed by atoms with Gasteiger partial charge in [0.05, 0.1) is 0 Å². The van der Waals surface area contributed by atoms with Gasteiger partial charge in [-0.15, -0.1) is 0 Å². The van der Waals surface area contributed by atoms with Crippen molar-refractivity contribution in [3.8, 4) is 0 Å². The van der Waals surface area contributed by atoms with Gasteiger partial charge in [0.1, 0.15) is 0 Å². The van der Waals surface area contributed by atoms with Crippen molar-refractivity contribution in [1.29, 1.82) is 0 Å². The lowest BCUT2D eigenvalue weighted by Gasteiger charge is -1.82. The van der Waals surface area contributed by atoms with Crippen molar-refractivity contribution in [3.05, 3.63) is 82.5 Å². The van der Waals surface area contributed by atoms with E-state index < -0.39 is 0 Å². The Balaban J connectivity index is -0.0000000818. The Hall–Kier alpha value is -1.82. The smallest absolute Gasteiger partial charge is 0.0398 e. The molecule has 0 heteroatoms. The van der Waals surface area contributed by atoms with Crippen molar-refractivity contribution in [1.82, 2.24) is 0 Å². The molecule has 0 aliphatic heterocycles. The van der Waals surface area contributed by atoms with E-state index in [1.54, 1.807) is 0 Å². The van der Waals surface area contributed by atoms with Crippen LogP contribution in [0.3, 0.4) is 0 Å². The van der Waals surface area contributed by atoms with Gasteiger partial charge in [-0.3, -0.25) is 0 Å². The van der Waals surface area contributed by atoms with Crippen molar-refractivity contribution >= 4 is 0 Å². The highest BCUT2D eigenvalue weighted by Gasteiger charge is 1.72. The van der Waals surface area contributed by atoms with Crippen LogP contribution >= 0.6 is 0 Å². The lowest BCUT2D eigenvalue weighted by Crippen LogP contribution is -1.62. The van der Waals surface area contributed by atoms with Crippen LogP contribution in [-0.4, -0.2) is 0 Å². The Morgan fingerprint density at radius 3 is 0.724 bits per heavy atom. The van der Waals surface area contributed by atoms with Crippen molar-refractivity contribution in [2.75, 3.05) is 0 Å². The molecule has 0 aliphatic carbocycles. The van der Waals surface area contributed by atoms with E-state index in [0.717, 1.165) is 0 Å². The van der Waals surface area contributed by atoms with Crippen molar-refractivity contribution in [2.24, 2.45) is 0 Å². The summed E-state index contributed by atoms with van der Waals surface area (Å²) in [6, 6.07) is 10.3. The lowest BCUT2D eigenvalue weighted by molar-refractivity contribution is 1.36. The summed E-state index contributed by atoms with van der Waals surface area (Å²) in [5.41, 5.74) is 6.84. The van der Waals surface area contributed by atoms with E-state index in [1.165, 1.54) is 27.9 Å². The minimum atomic E-state index is 1.32. The minimum absolute atomic E-state index is 1.32.